The predicted octanol–water partition coefficient (Wildman–Crippen LogP) is 4.24. The second-order valence-electron chi connectivity index (χ2n) is 9.00. The maximum atomic E-state index is 12.5. The first kappa shape index (κ1) is 18.3. The molecule has 2 saturated carbocycles. The third-order valence-electron chi connectivity index (χ3n) is 6.93. The van der Waals surface area contributed by atoms with Crippen molar-refractivity contribution in [3.8, 4) is 0 Å². The van der Waals surface area contributed by atoms with Gasteiger partial charge in [-0.1, -0.05) is 38.5 Å². The SMILES string of the molecule is CN1/C(=C\C(=O)COC(=O)C[C@@H]2C[C@@H]3CC[C@@H]2C3)C(C)(C)c2ccccc21. The summed E-state index contributed by atoms with van der Waals surface area (Å²) >= 11 is 0. The van der Waals surface area contributed by atoms with E-state index in [-0.39, 0.29) is 23.8 Å². The van der Waals surface area contributed by atoms with Crippen molar-refractivity contribution in [1.82, 2.24) is 0 Å². The van der Waals surface area contributed by atoms with E-state index >= 15 is 0 Å². The van der Waals surface area contributed by atoms with Crippen LogP contribution in [0.5, 0.6) is 0 Å². The van der Waals surface area contributed by atoms with Crippen LogP contribution in [0.15, 0.2) is 36.0 Å². The van der Waals surface area contributed by atoms with Crippen molar-refractivity contribution >= 4 is 17.4 Å². The third-order valence-corrected chi connectivity index (χ3v) is 6.93. The average molecular weight is 367 g/mol. The number of esters is 1. The number of hydrogen-bond acceptors (Lipinski definition) is 4. The van der Waals surface area contributed by atoms with Crippen LogP contribution in [0.4, 0.5) is 5.69 Å². The molecule has 1 heterocycles. The van der Waals surface area contributed by atoms with Gasteiger partial charge in [0.2, 0.25) is 0 Å². The molecule has 144 valence electrons. The van der Waals surface area contributed by atoms with Gasteiger partial charge in [-0.15, -0.1) is 0 Å². The monoisotopic (exact) mass is 367 g/mol. The van der Waals surface area contributed by atoms with Gasteiger partial charge in [-0.25, -0.2) is 0 Å². The van der Waals surface area contributed by atoms with Crippen molar-refractivity contribution in [3.05, 3.63) is 41.6 Å². The molecule has 0 unspecified atom stereocenters. The van der Waals surface area contributed by atoms with Crippen molar-refractivity contribution in [2.24, 2.45) is 17.8 Å². The van der Waals surface area contributed by atoms with E-state index in [0.29, 0.717) is 18.3 Å². The van der Waals surface area contributed by atoms with Gasteiger partial charge in [-0.3, -0.25) is 9.59 Å². The molecule has 1 aromatic carbocycles. The number of ether oxygens (including phenoxy) is 1. The van der Waals surface area contributed by atoms with Crippen LogP contribution in [-0.4, -0.2) is 25.4 Å². The van der Waals surface area contributed by atoms with Crippen LogP contribution >= 0.6 is 0 Å². The van der Waals surface area contributed by atoms with E-state index in [2.05, 4.69) is 30.9 Å². The fraction of sp³-hybridized carbons (Fsp3) is 0.565. The molecule has 4 rings (SSSR count). The quantitative estimate of drug-likeness (QED) is 0.577. The number of para-hydroxylation sites is 1. The predicted molar refractivity (Wildman–Crippen MR) is 105 cm³/mol. The van der Waals surface area contributed by atoms with Crippen molar-refractivity contribution in [2.75, 3.05) is 18.6 Å². The number of carbonyl (C=O) groups excluding carboxylic acids is 2. The molecular formula is C23H29NO3. The summed E-state index contributed by atoms with van der Waals surface area (Å²) in [4.78, 5) is 26.7. The van der Waals surface area contributed by atoms with Gasteiger partial charge in [0.25, 0.3) is 0 Å². The van der Waals surface area contributed by atoms with Crippen LogP contribution in [0.3, 0.4) is 0 Å². The minimum Gasteiger partial charge on any atom is -0.457 e. The normalized spacial score (nSPS) is 29.2. The van der Waals surface area contributed by atoms with Crippen molar-refractivity contribution in [2.45, 2.75) is 51.4 Å². The Morgan fingerprint density at radius 2 is 2.00 bits per heavy atom. The van der Waals surface area contributed by atoms with Gasteiger partial charge < -0.3 is 9.64 Å². The molecule has 0 spiro atoms. The molecule has 1 aromatic rings. The molecule has 27 heavy (non-hydrogen) atoms. The highest BCUT2D eigenvalue weighted by atomic mass is 16.5. The van der Waals surface area contributed by atoms with Gasteiger partial charge in [-0.2, -0.15) is 0 Å². The minimum atomic E-state index is -0.242. The number of anilines is 1. The van der Waals surface area contributed by atoms with E-state index in [1.54, 1.807) is 6.08 Å². The van der Waals surface area contributed by atoms with Crippen LogP contribution in [0.25, 0.3) is 0 Å². The van der Waals surface area contributed by atoms with E-state index in [9.17, 15) is 9.59 Å². The molecule has 1 aliphatic heterocycles. The summed E-state index contributed by atoms with van der Waals surface area (Å²) in [5.74, 6) is 1.62. The second kappa shape index (κ2) is 6.81. The van der Waals surface area contributed by atoms with E-state index < -0.39 is 0 Å². The second-order valence-corrected chi connectivity index (χ2v) is 9.00. The lowest BCUT2D eigenvalue weighted by atomic mass is 9.83. The molecule has 4 nitrogen and oxygen atoms in total. The first-order valence-corrected chi connectivity index (χ1v) is 10.1. The van der Waals surface area contributed by atoms with Crippen molar-refractivity contribution < 1.29 is 14.3 Å². The zero-order valence-corrected chi connectivity index (χ0v) is 16.5. The van der Waals surface area contributed by atoms with Crippen molar-refractivity contribution in [3.63, 3.8) is 0 Å². The largest absolute Gasteiger partial charge is 0.457 e. The van der Waals surface area contributed by atoms with Gasteiger partial charge >= 0.3 is 5.97 Å². The Balaban J connectivity index is 1.36. The molecule has 3 aliphatic rings. The van der Waals surface area contributed by atoms with E-state index in [0.717, 1.165) is 23.7 Å². The van der Waals surface area contributed by atoms with Gasteiger partial charge in [0.15, 0.2) is 12.4 Å². The highest BCUT2D eigenvalue weighted by molar-refractivity contribution is 5.94. The number of likely N-dealkylation sites (N-methyl/N-ethyl adjacent to an activating group) is 1. The number of fused-ring (bicyclic) bond motifs is 3. The molecule has 0 radical (unpaired) electrons. The van der Waals surface area contributed by atoms with Gasteiger partial charge in [0.05, 0.1) is 0 Å². The standard InChI is InChI=1S/C23H29NO3/c1-23(2)19-6-4-5-7-20(19)24(3)21(23)13-18(25)14-27-22(26)12-17-11-15-8-9-16(17)10-15/h4-7,13,15-17H,8-12,14H2,1-3H3/b21-13-/t15-,16-,17+/m1/s1. The Labute approximate surface area is 161 Å². The Hall–Kier alpha value is -2.10. The highest BCUT2D eigenvalue weighted by Crippen LogP contribution is 2.49. The summed E-state index contributed by atoms with van der Waals surface area (Å²) < 4.78 is 5.31. The lowest BCUT2D eigenvalue weighted by Crippen LogP contribution is -2.25. The van der Waals surface area contributed by atoms with Gasteiger partial charge in [0, 0.05) is 36.3 Å². The molecule has 4 heteroatoms. The van der Waals surface area contributed by atoms with Crippen LogP contribution in [0, 0.1) is 17.8 Å². The van der Waals surface area contributed by atoms with Crippen LogP contribution < -0.4 is 4.90 Å². The average Bonchev–Trinajstić information content (AvgIpc) is 3.30. The molecule has 2 bridgehead atoms. The van der Waals surface area contributed by atoms with Gasteiger partial charge in [0.1, 0.15) is 0 Å². The maximum Gasteiger partial charge on any atom is 0.306 e. The fourth-order valence-electron chi connectivity index (χ4n) is 5.50. The Kier molecular flexibility index (Phi) is 4.61. The first-order chi connectivity index (χ1) is 12.9. The number of rotatable bonds is 5. The number of carbonyl (C=O) groups is 2. The van der Waals surface area contributed by atoms with Crippen LogP contribution in [0.2, 0.25) is 0 Å². The summed E-state index contributed by atoms with van der Waals surface area (Å²) in [5.41, 5.74) is 3.03. The van der Waals surface area contributed by atoms with Crippen LogP contribution in [0.1, 0.15) is 51.5 Å². The molecule has 2 fully saturated rings. The number of ketones is 1. The van der Waals surface area contributed by atoms with Gasteiger partial charge in [-0.05, 0) is 48.6 Å². The zero-order valence-electron chi connectivity index (χ0n) is 16.5. The molecule has 0 saturated heterocycles. The molecule has 0 aromatic heterocycles. The zero-order chi connectivity index (χ0) is 19.2. The fourth-order valence-corrected chi connectivity index (χ4v) is 5.50. The Bertz CT molecular complexity index is 795. The number of nitrogens with zero attached hydrogens (tertiary/aromatic N) is 1. The van der Waals surface area contributed by atoms with Crippen molar-refractivity contribution in [1.29, 1.82) is 0 Å². The minimum absolute atomic E-state index is 0.154. The Morgan fingerprint density at radius 3 is 2.67 bits per heavy atom. The summed E-state index contributed by atoms with van der Waals surface area (Å²) in [6.45, 7) is 4.08. The number of hydrogen-bond donors (Lipinski definition) is 0. The summed E-state index contributed by atoms with van der Waals surface area (Å²) in [5, 5.41) is 0. The van der Waals surface area contributed by atoms with E-state index in [1.807, 2.05) is 19.2 Å². The van der Waals surface area contributed by atoms with Crippen LogP contribution in [-0.2, 0) is 19.7 Å². The highest BCUT2D eigenvalue weighted by Gasteiger charge is 2.41. The maximum absolute atomic E-state index is 12.5. The smallest absolute Gasteiger partial charge is 0.306 e. The first-order valence-electron chi connectivity index (χ1n) is 10.1. The van der Waals surface area contributed by atoms with E-state index in [4.69, 9.17) is 4.74 Å². The summed E-state index contributed by atoms with van der Waals surface area (Å²) in [7, 11) is 1.98. The molecular weight excluding hydrogens is 338 g/mol. The number of benzene rings is 1. The lowest BCUT2D eigenvalue weighted by molar-refractivity contribution is -0.148. The third kappa shape index (κ3) is 3.30. The molecule has 2 aliphatic carbocycles. The summed E-state index contributed by atoms with van der Waals surface area (Å²) in [6, 6.07) is 8.20. The number of allylic oxidation sites excluding steroid dienone is 1. The summed E-state index contributed by atoms with van der Waals surface area (Å²) in [6.07, 6.45) is 7.15. The molecule has 0 amide bonds. The molecule has 3 atom stereocenters. The lowest BCUT2D eigenvalue weighted by Gasteiger charge is -2.24. The molecule has 0 N–H and O–H groups in total. The topological polar surface area (TPSA) is 46.6 Å². The van der Waals surface area contributed by atoms with E-state index in [1.165, 1.54) is 24.8 Å². The Morgan fingerprint density at radius 1 is 1.22 bits per heavy atom.